The van der Waals surface area contributed by atoms with Crippen molar-refractivity contribution in [2.45, 2.75) is 12.5 Å². The molecule has 0 spiro atoms. The van der Waals surface area contributed by atoms with Crippen molar-refractivity contribution in [1.29, 1.82) is 0 Å². The Morgan fingerprint density at radius 3 is 2.55 bits per heavy atom. The van der Waals surface area contributed by atoms with Crippen molar-refractivity contribution in [3.05, 3.63) is 69.8 Å². The van der Waals surface area contributed by atoms with Crippen molar-refractivity contribution in [3.63, 3.8) is 0 Å². The SMILES string of the molecule is CC(=O)O[C@]1(c2ccc([N+](=O)[O-])cc2)COc2ccccc21. The molecule has 6 heteroatoms. The van der Waals surface area contributed by atoms with Gasteiger partial charge in [0, 0.05) is 30.2 Å². The molecular weight excluding hydrogens is 286 g/mol. The summed E-state index contributed by atoms with van der Waals surface area (Å²) >= 11 is 0. The molecule has 2 aromatic rings. The van der Waals surface area contributed by atoms with Crippen LogP contribution >= 0.6 is 0 Å². The van der Waals surface area contributed by atoms with Gasteiger partial charge >= 0.3 is 5.97 Å². The first-order chi connectivity index (χ1) is 10.5. The number of esters is 1. The lowest BCUT2D eigenvalue weighted by atomic mass is 9.87. The summed E-state index contributed by atoms with van der Waals surface area (Å²) in [6.07, 6.45) is 0. The predicted molar refractivity (Wildman–Crippen MR) is 77.6 cm³/mol. The molecule has 0 N–H and O–H groups in total. The third-order valence-corrected chi connectivity index (χ3v) is 3.62. The fraction of sp³-hybridized carbons (Fsp3) is 0.188. The first-order valence-electron chi connectivity index (χ1n) is 6.70. The fourth-order valence-electron chi connectivity index (χ4n) is 2.66. The second-order valence-electron chi connectivity index (χ2n) is 5.01. The number of rotatable bonds is 3. The zero-order valence-corrected chi connectivity index (χ0v) is 11.8. The average Bonchev–Trinajstić information content (AvgIpc) is 2.87. The second-order valence-corrected chi connectivity index (χ2v) is 5.01. The van der Waals surface area contributed by atoms with Gasteiger partial charge in [-0.2, -0.15) is 0 Å². The van der Waals surface area contributed by atoms with Crippen molar-refractivity contribution in [1.82, 2.24) is 0 Å². The van der Waals surface area contributed by atoms with Gasteiger partial charge in [0.05, 0.1) is 4.92 Å². The number of non-ortho nitro benzene ring substituents is 1. The van der Waals surface area contributed by atoms with Gasteiger partial charge in [-0.1, -0.05) is 18.2 Å². The first-order valence-corrected chi connectivity index (χ1v) is 6.70. The molecule has 0 saturated heterocycles. The molecule has 22 heavy (non-hydrogen) atoms. The smallest absolute Gasteiger partial charge is 0.303 e. The average molecular weight is 299 g/mol. The predicted octanol–water partition coefficient (Wildman–Crippen LogP) is 2.79. The Hall–Kier alpha value is -2.89. The molecule has 0 bridgehead atoms. The lowest BCUT2D eigenvalue weighted by Crippen LogP contribution is -2.34. The van der Waals surface area contributed by atoms with E-state index in [0.29, 0.717) is 11.3 Å². The first kappa shape index (κ1) is 14.1. The quantitative estimate of drug-likeness (QED) is 0.494. The van der Waals surface area contributed by atoms with Crippen molar-refractivity contribution < 1.29 is 19.2 Å². The van der Waals surface area contributed by atoms with Gasteiger partial charge in [0.25, 0.3) is 5.69 Å². The summed E-state index contributed by atoms with van der Waals surface area (Å²) in [5.41, 5.74) is 0.281. The molecule has 0 aromatic heterocycles. The summed E-state index contributed by atoms with van der Waals surface area (Å²) in [5.74, 6) is 0.195. The minimum Gasteiger partial charge on any atom is -0.488 e. The van der Waals surface area contributed by atoms with E-state index in [9.17, 15) is 14.9 Å². The zero-order valence-electron chi connectivity index (χ0n) is 11.8. The third-order valence-electron chi connectivity index (χ3n) is 3.62. The van der Waals surface area contributed by atoms with Gasteiger partial charge in [-0.3, -0.25) is 14.9 Å². The van der Waals surface area contributed by atoms with Gasteiger partial charge in [-0.25, -0.2) is 0 Å². The highest BCUT2D eigenvalue weighted by atomic mass is 16.6. The van der Waals surface area contributed by atoms with Crippen LogP contribution in [0.1, 0.15) is 18.1 Å². The topological polar surface area (TPSA) is 78.7 Å². The van der Waals surface area contributed by atoms with Crippen molar-refractivity contribution in [3.8, 4) is 5.75 Å². The molecule has 0 unspecified atom stereocenters. The Morgan fingerprint density at radius 2 is 1.91 bits per heavy atom. The van der Waals surface area contributed by atoms with E-state index in [1.807, 2.05) is 18.2 Å². The summed E-state index contributed by atoms with van der Waals surface area (Å²) in [6.45, 7) is 1.47. The number of nitro groups is 1. The molecule has 1 heterocycles. The molecule has 0 amide bonds. The lowest BCUT2D eigenvalue weighted by molar-refractivity contribution is -0.384. The van der Waals surface area contributed by atoms with E-state index in [-0.39, 0.29) is 12.3 Å². The largest absolute Gasteiger partial charge is 0.488 e. The minimum atomic E-state index is -1.07. The fourth-order valence-corrected chi connectivity index (χ4v) is 2.66. The molecule has 1 aliphatic rings. The Kier molecular flexibility index (Phi) is 3.29. The molecule has 0 aliphatic carbocycles. The number of para-hydroxylation sites is 1. The number of nitro benzene ring substituents is 1. The lowest BCUT2D eigenvalue weighted by Gasteiger charge is -2.28. The Balaban J connectivity index is 2.12. The van der Waals surface area contributed by atoms with Gasteiger partial charge in [0.1, 0.15) is 12.4 Å². The normalized spacial score (nSPS) is 19.1. The number of benzene rings is 2. The number of hydrogen-bond acceptors (Lipinski definition) is 5. The maximum atomic E-state index is 11.6. The second kappa shape index (κ2) is 5.14. The van der Waals surface area contributed by atoms with E-state index < -0.39 is 16.5 Å². The van der Waals surface area contributed by atoms with Gasteiger partial charge in [-0.15, -0.1) is 0 Å². The highest BCUT2D eigenvalue weighted by Gasteiger charge is 2.45. The van der Waals surface area contributed by atoms with Crippen molar-refractivity contribution >= 4 is 11.7 Å². The summed E-state index contributed by atoms with van der Waals surface area (Å²) in [5, 5.41) is 10.8. The van der Waals surface area contributed by atoms with Crippen LogP contribution in [0.5, 0.6) is 5.75 Å². The molecule has 112 valence electrons. The number of carbonyl (C=O) groups is 1. The van der Waals surface area contributed by atoms with E-state index in [1.54, 1.807) is 18.2 Å². The summed E-state index contributed by atoms with van der Waals surface area (Å²) in [6, 6.07) is 13.2. The van der Waals surface area contributed by atoms with Crippen LogP contribution < -0.4 is 4.74 Å². The molecule has 0 radical (unpaired) electrons. The van der Waals surface area contributed by atoms with Crippen LogP contribution in [-0.2, 0) is 15.1 Å². The molecule has 1 atom stereocenters. The number of ether oxygens (including phenoxy) is 2. The van der Waals surface area contributed by atoms with E-state index in [2.05, 4.69) is 0 Å². The van der Waals surface area contributed by atoms with Gasteiger partial charge in [0.2, 0.25) is 0 Å². The van der Waals surface area contributed by atoms with Gasteiger partial charge in [-0.05, 0) is 18.2 Å². The van der Waals surface area contributed by atoms with Gasteiger partial charge in [0.15, 0.2) is 5.60 Å². The Morgan fingerprint density at radius 1 is 1.23 bits per heavy atom. The Bertz CT molecular complexity index is 740. The number of carbonyl (C=O) groups excluding carboxylic acids is 1. The number of fused-ring (bicyclic) bond motifs is 1. The highest BCUT2D eigenvalue weighted by Crippen LogP contribution is 2.44. The monoisotopic (exact) mass is 299 g/mol. The highest BCUT2D eigenvalue weighted by molar-refractivity contribution is 5.68. The van der Waals surface area contributed by atoms with Gasteiger partial charge < -0.3 is 9.47 Å². The summed E-state index contributed by atoms with van der Waals surface area (Å²) in [7, 11) is 0. The standard InChI is InChI=1S/C16H13NO5/c1-11(18)22-16(10-21-15-5-3-2-4-14(15)16)12-6-8-13(9-7-12)17(19)20/h2-9H,10H2,1H3/t16-/m0/s1. The van der Waals surface area contributed by atoms with Crippen LogP contribution in [0.4, 0.5) is 5.69 Å². The molecule has 3 rings (SSSR count). The molecule has 6 nitrogen and oxygen atoms in total. The van der Waals surface area contributed by atoms with Crippen LogP contribution in [0.3, 0.4) is 0 Å². The third kappa shape index (κ3) is 2.18. The molecule has 0 fully saturated rings. The Labute approximate surface area is 126 Å². The molecular formula is C16H13NO5. The van der Waals surface area contributed by atoms with E-state index in [0.717, 1.165) is 5.56 Å². The number of hydrogen-bond donors (Lipinski definition) is 0. The van der Waals surface area contributed by atoms with E-state index in [4.69, 9.17) is 9.47 Å². The molecule has 0 saturated carbocycles. The van der Waals surface area contributed by atoms with Crippen LogP contribution in [0.2, 0.25) is 0 Å². The molecule has 2 aromatic carbocycles. The maximum Gasteiger partial charge on any atom is 0.303 e. The maximum absolute atomic E-state index is 11.6. The van der Waals surface area contributed by atoms with Crippen LogP contribution in [0.25, 0.3) is 0 Å². The van der Waals surface area contributed by atoms with Crippen LogP contribution in [0, 0.1) is 10.1 Å². The van der Waals surface area contributed by atoms with Crippen molar-refractivity contribution in [2.75, 3.05) is 6.61 Å². The van der Waals surface area contributed by atoms with E-state index in [1.165, 1.54) is 19.1 Å². The summed E-state index contributed by atoms with van der Waals surface area (Å²) < 4.78 is 11.2. The zero-order chi connectivity index (χ0) is 15.7. The summed E-state index contributed by atoms with van der Waals surface area (Å²) in [4.78, 5) is 21.9. The van der Waals surface area contributed by atoms with E-state index >= 15 is 0 Å². The molecule has 1 aliphatic heterocycles. The minimum absolute atomic E-state index is 0.0195. The van der Waals surface area contributed by atoms with Crippen molar-refractivity contribution in [2.24, 2.45) is 0 Å². The van der Waals surface area contributed by atoms with Crippen LogP contribution in [-0.4, -0.2) is 17.5 Å². The number of nitrogens with zero attached hydrogens (tertiary/aromatic N) is 1. The van der Waals surface area contributed by atoms with Crippen LogP contribution in [0.15, 0.2) is 48.5 Å².